The van der Waals surface area contributed by atoms with E-state index in [1.807, 2.05) is 0 Å². The SMILES string of the molecule is Nc1cc(C(=O)OCCO)ccc1Cl. The maximum absolute atomic E-state index is 11.2. The zero-order valence-electron chi connectivity index (χ0n) is 7.37. The lowest BCUT2D eigenvalue weighted by Gasteiger charge is -2.04. The van der Waals surface area contributed by atoms with Crippen molar-refractivity contribution in [2.45, 2.75) is 0 Å². The highest BCUT2D eigenvalue weighted by Gasteiger charge is 2.08. The minimum Gasteiger partial charge on any atom is -0.460 e. The molecule has 5 heteroatoms. The third-order valence-corrected chi connectivity index (χ3v) is 1.90. The number of carbonyl (C=O) groups excluding carboxylic acids is 1. The summed E-state index contributed by atoms with van der Waals surface area (Å²) >= 11 is 5.67. The number of benzene rings is 1. The predicted octanol–water partition coefficient (Wildman–Crippen LogP) is 1.07. The Morgan fingerprint density at radius 1 is 1.57 bits per heavy atom. The Kier molecular flexibility index (Phi) is 3.73. The van der Waals surface area contributed by atoms with Crippen LogP contribution in [0.1, 0.15) is 10.4 Å². The van der Waals surface area contributed by atoms with Gasteiger partial charge in [0, 0.05) is 0 Å². The van der Waals surface area contributed by atoms with Crippen LogP contribution in [0.15, 0.2) is 18.2 Å². The van der Waals surface area contributed by atoms with Crippen molar-refractivity contribution in [2.24, 2.45) is 0 Å². The van der Waals surface area contributed by atoms with Gasteiger partial charge in [-0.1, -0.05) is 11.6 Å². The summed E-state index contributed by atoms with van der Waals surface area (Å²) < 4.78 is 4.68. The quantitative estimate of drug-likeness (QED) is 0.585. The zero-order chi connectivity index (χ0) is 10.6. The van der Waals surface area contributed by atoms with E-state index in [0.29, 0.717) is 16.3 Å². The highest BCUT2D eigenvalue weighted by molar-refractivity contribution is 6.33. The lowest BCUT2D eigenvalue weighted by atomic mass is 10.2. The summed E-state index contributed by atoms with van der Waals surface area (Å²) in [5.74, 6) is -0.526. The average molecular weight is 216 g/mol. The molecule has 14 heavy (non-hydrogen) atoms. The van der Waals surface area contributed by atoms with Gasteiger partial charge in [-0.3, -0.25) is 0 Å². The number of aliphatic hydroxyl groups excluding tert-OH is 1. The van der Waals surface area contributed by atoms with E-state index in [0.717, 1.165) is 0 Å². The topological polar surface area (TPSA) is 72.6 Å². The Morgan fingerprint density at radius 3 is 2.86 bits per heavy atom. The summed E-state index contributed by atoms with van der Waals surface area (Å²) in [6, 6.07) is 4.47. The van der Waals surface area contributed by atoms with Crippen LogP contribution in [0.3, 0.4) is 0 Å². The second-order valence-corrected chi connectivity index (χ2v) is 3.00. The van der Waals surface area contributed by atoms with E-state index in [-0.39, 0.29) is 13.2 Å². The molecular formula is C9H10ClNO3. The maximum atomic E-state index is 11.2. The number of ether oxygens (including phenoxy) is 1. The number of nitrogens with two attached hydrogens (primary N) is 1. The van der Waals surface area contributed by atoms with E-state index >= 15 is 0 Å². The average Bonchev–Trinajstić information content (AvgIpc) is 2.18. The van der Waals surface area contributed by atoms with Gasteiger partial charge in [-0.2, -0.15) is 0 Å². The van der Waals surface area contributed by atoms with Crippen LogP contribution in [-0.2, 0) is 4.74 Å². The first-order valence-electron chi connectivity index (χ1n) is 3.98. The van der Waals surface area contributed by atoms with Crippen LogP contribution in [0.2, 0.25) is 5.02 Å². The van der Waals surface area contributed by atoms with Gasteiger partial charge in [-0.15, -0.1) is 0 Å². The molecular weight excluding hydrogens is 206 g/mol. The Bertz CT molecular complexity index is 341. The van der Waals surface area contributed by atoms with E-state index < -0.39 is 5.97 Å². The van der Waals surface area contributed by atoms with Gasteiger partial charge in [-0.25, -0.2) is 4.79 Å². The summed E-state index contributed by atoms with van der Waals surface area (Å²) in [7, 11) is 0. The summed E-state index contributed by atoms with van der Waals surface area (Å²) in [4.78, 5) is 11.2. The number of halogens is 1. The smallest absolute Gasteiger partial charge is 0.338 e. The van der Waals surface area contributed by atoms with Crippen molar-refractivity contribution in [1.82, 2.24) is 0 Å². The summed E-state index contributed by atoms with van der Waals surface area (Å²) in [5.41, 5.74) is 6.14. The molecule has 0 bridgehead atoms. The van der Waals surface area contributed by atoms with E-state index in [9.17, 15) is 4.79 Å². The molecule has 0 saturated carbocycles. The molecule has 76 valence electrons. The number of carbonyl (C=O) groups is 1. The molecule has 1 aromatic carbocycles. The van der Waals surface area contributed by atoms with Crippen molar-refractivity contribution in [1.29, 1.82) is 0 Å². The maximum Gasteiger partial charge on any atom is 0.338 e. The van der Waals surface area contributed by atoms with Gasteiger partial charge in [-0.05, 0) is 18.2 Å². The lowest BCUT2D eigenvalue weighted by Crippen LogP contribution is -2.09. The molecule has 0 aliphatic heterocycles. The largest absolute Gasteiger partial charge is 0.460 e. The Labute approximate surface area is 86.2 Å². The molecule has 0 spiro atoms. The number of hydrogen-bond acceptors (Lipinski definition) is 4. The molecule has 0 atom stereocenters. The molecule has 0 fully saturated rings. The van der Waals surface area contributed by atoms with E-state index in [1.165, 1.54) is 18.2 Å². The fourth-order valence-electron chi connectivity index (χ4n) is 0.892. The number of nitrogen functional groups attached to an aromatic ring is 1. The highest BCUT2D eigenvalue weighted by Crippen LogP contribution is 2.19. The number of hydrogen-bond donors (Lipinski definition) is 2. The second-order valence-electron chi connectivity index (χ2n) is 2.60. The van der Waals surface area contributed by atoms with Crippen LogP contribution in [0.5, 0.6) is 0 Å². The van der Waals surface area contributed by atoms with Gasteiger partial charge in [0.25, 0.3) is 0 Å². The molecule has 0 saturated heterocycles. The number of rotatable bonds is 3. The fourth-order valence-corrected chi connectivity index (χ4v) is 1.01. The standard InChI is InChI=1S/C9H10ClNO3/c10-7-2-1-6(5-8(7)11)9(13)14-4-3-12/h1-2,5,12H,3-4,11H2. The highest BCUT2D eigenvalue weighted by atomic mass is 35.5. The fraction of sp³-hybridized carbons (Fsp3) is 0.222. The predicted molar refractivity (Wildman–Crippen MR) is 53.2 cm³/mol. The lowest BCUT2D eigenvalue weighted by molar-refractivity contribution is 0.0434. The Balaban J connectivity index is 2.76. The molecule has 0 aliphatic rings. The molecule has 0 radical (unpaired) electrons. The summed E-state index contributed by atoms with van der Waals surface area (Å²) in [5, 5.41) is 8.83. The van der Waals surface area contributed by atoms with Crippen molar-refractivity contribution in [2.75, 3.05) is 18.9 Å². The molecule has 1 rings (SSSR count). The molecule has 0 aromatic heterocycles. The molecule has 4 nitrogen and oxygen atoms in total. The normalized spacial score (nSPS) is 9.86. The Hall–Kier alpha value is -1.26. The van der Waals surface area contributed by atoms with Crippen molar-refractivity contribution in [3.63, 3.8) is 0 Å². The van der Waals surface area contributed by atoms with Gasteiger partial charge in [0.15, 0.2) is 0 Å². The van der Waals surface area contributed by atoms with Gasteiger partial charge < -0.3 is 15.6 Å². The molecule has 0 aliphatic carbocycles. The van der Waals surface area contributed by atoms with Crippen molar-refractivity contribution in [3.8, 4) is 0 Å². The molecule has 0 amide bonds. The van der Waals surface area contributed by atoms with Crippen molar-refractivity contribution in [3.05, 3.63) is 28.8 Å². The van der Waals surface area contributed by atoms with Crippen LogP contribution >= 0.6 is 11.6 Å². The van der Waals surface area contributed by atoms with Crippen LogP contribution in [-0.4, -0.2) is 24.3 Å². The van der Waals surface area contributed by atoms with E-state index in [2.05, 4.69) is 4.74 Å². The monoisotopic (exact) mass is 215 g/mol. The van der Waals surface area contributed by atoms with Crippen molar-refractivity contribution >= 4 is 23.3 Å². The zero-order valence-corrected chi connectivity index (χ0v) is 8.12. The van der Waals surface area contributed by atoms with Crippen LogP contribution < -0.4 is 5.73 Å². The molecule has 3 N–H and O–H groups in total. The van der Waals surface area contributed by atoms with Crippen LogP contribution in [0, 0.1) is 0 Å². The minimum atomic E-state index is -0.526. The first-order chi connectivity index (χ1) is 6.65. The summed E-state index contributed by atoms with van der Waals surface area (Å²) in [6.45, 7) is -0.226. The number of anilines is 1. The van der Waals surface area contributed by atoms with Gasteiger partial charge in [0.1, 0.15) is 6.61 Å². The van der Waals surface area contributed by atoms with Gasteiger partial charge >= 0.3 is 5.97 Å². The minimum absolute atomic E-state index is 0.0264. The second kappa shape index (κ2) is 4.83. The number of esters is 1. The first-order valence-corrected chi connectivity index (χ1v) is 4.36. The third kappa shape index (κ3) is 2.61. The first kappa shape index (κ1) is 10.8. The van der Waals surface area contributed by atoms with Gasteiger partial charge in [0.05, 0.1) is 22.9 Å². The van der Waals surface area contributed by atoms with E-state index in [1.54, 1.807) is 0 Å². The van der Waals surface area contributed by atoms with Crippen molar-refractivity contribution < 1.29 is 14.6 Å². The van der Waals surface area contributed by atoms with Gasteiger partial charge in [0.2, 0.25) is 0 Å². The molecule has 1 aromatic rings. The summed E-state index contributed by atoms with van der Waals surface area (Å²) in [6.07, 6.45) is 0. The Morgan fingerprint density at radius 2 is 2.29 bits per heavy atom. The van der Waals surface area contributed by atoms with Crippen LogP contribution in [0.25, 0.3) is 0 Å². The molecule has 0 unspecified atom stereocenters. The molecule has 0 heterocycles. The van der Waals surface area contributed by atoms with Crippen LogP contribution in [0.4, 0.5) is 5.69 Å². The third-order valence-electron chi connectivity index (χ3n) is 1.56. The van der Waals surface area contributed by atoms with E-state index in [4.69, 9.17) is 22.4 Å². The number of aliphatic hydroxyl groups is 1.